The minimum Gasteiger partial charge on any atom is -0.312 e. The van der Waals surface area contributed by atoms with Gasteiger partial charge in [0.05, 0.1) is 0 Å². The first-order chi connectivity index (χ1) is 9.15. The number of nitrogens with zero attached hydrogens (tertiary/aromatic N) is 4. The molecule has 2 rings (SSSR count). The van der Waals surface area contributed by atoms with E-state index in [1.807, 2.05) is 23.7 Å². The molecule has 0 aliphatic carbocycles. The summed E-state index contributed by atoms with van der Waals surface area (Å²) in [5.74, 6) is 0.758. The van der Waals surface area contributed by atoms with Gasteiger partial charge in [0.15, 0.2) is 5.16 Å². The fourth-order valence-electron chi connectivity index (χ4n) is 1.68. The van der Waals surface area contributed by atoms with Gasteiger partial charge in [-0.2, -0.15) is 0 Å². The molecular weight excluding hydrogens is 263 g/mol. The molecule has 0 atom stereocenters. The van der Waals surface area contributed by atoms with E-state index in [9.17, 15) is 4.39 Å². The second-order valence-corrected chi connectivity index (χ2v) is 5.50. The van der Waals surface area contributed by atoms with Crippen LogP contribution in [0.5, 0.6) is 0 Å². The van der Waals surface area contributed by atoms with Crippen molar-refractivity contribution in [2.24, 2.45) is 7.05 Å². The van der Waals surface area contributed by atoms with E-state index < -0.39 is 0 Å². The summed E-state index contributed by atoms with van der Waals surface area (Å²) in [6.45, 7) is 1.76. The minimum absolute atomic E-state index is 0.191. The molecule has 0 aliphatic rings. The molecule has 0 fully saturated rings. The van der Waals surface area contributed by atoms with E-state index in [4.69, 9.17) is 0 Å². The zero-order chi connectivity index (χ0) is 13.7. The Hall–Kier alpha value is -1.40. The zero-order valence-electron chi connectivity index (χ0n) is 11.1. The van der Waals surface area contributed by atoms with E-state index in [0.29, 0.717) is 0 Å². The van der Waals surface area contributed by atoms with Crippen molar-refractivity contribution in [2.45, 2.75) is 11.7 Å². The summed E-state index contributed by atoms with van der Waals surface area (Å²) in [4.78, 5) is 2.20. The lowest BCUT2D eigenvalue weighted by atomic mass is 10.2. The lowest BCUT2D eigenvalue weighted by Gasteiger charge is -2.16. The molecule has 0 bridgehead atoms. The number of rotatable bonds is 6. The van der Waals surface area contributed by atoms with Gasteiger partial charge >= 0.3 is 0 Å². The molecule has 19 heavy (non-hydrogen) atoms. The molecule has 0 spiro atoms. The number of halogens is 1. The van der Waals surface area contributed by atoms with Gasteiger partial charge in [0.1, 0.15) is 12.1 Å². The summed E-state index contributed by atoms with van der Waals surface area (Å²) in [7, 11) is 3.99. The lowest BCUT2D eigenvalue weighted by molar-refractivity contribution is 0.348. The molecule has 0 N–H and O–H groups in total. The third-order valence-electron chi connectivity index (χ3n) is 2.74. The van der Waals surface area contributed by atoms with Gasteiger partial charge in [-0.1, -0.05) is 23.9 Å². The fraction of sp³-hybridized carbons (Fsp3) is 0.385. The Bertz CT molecular complexity index is 512. The summed E-state index contributed by atoms with van der Waals surface area (Å²) >= 11 is 1.68. The first-order valence-electron chi connectivity index (χ1n) is 6.05. The number of hydrogen-bond donors (Lipinski definition) is 0. The highest BCUT2D eigenvalue weighted by Gasteiger charge is 2.04. The summed E-state index contributed by atoms with van der Waals surface area (Å²) in [5.41, 5.74) is 1.12. The van der Waals surface area contributed by atoms with Gasteiger partial charge in [0, 0.05) is 25.9 Å². The first-order valence-corrected chi connectivity index (χ1v) is 7.03. The number of aryl methyl sites for hydroxylation is 1. The molecule has 2 aromatic rings. The molecule has 0 aliphatic heterocycles. The van der Waals surface area contributed by atoms with Crippen molar-refractivity contribution in [1.29, 1.82) is 0 Å². The topological polar surface area (TPSA) is 34.0 Å². The van der Waals surface area contributed by atoms with Gasteiger partial charge < -0.3 is 9.47 Å². The Labute approximate surface area is 116 Å². The van der Waals surface area contributed by atoms with Crippen molar-refractivity contribution < 1.29 is 4.39 Å². The van der Waals surface area contributed by atoms with Crippen molar-refractivity contribution in [2.75, 3.05) is 19.3 Å². The minimum atomic E-state index is -0.191. The van der Waals surface area contributed by atoms with Gasteiger partial charge in [-0.25, -0.2) is 4.39 Å². The molecule has 0 amide bonds. The molecule has 0 unspecified atom stereocenters. The van der Waals surface area contributed by atoms with Crippen molar-refractivity contribution in [3.05, 3.63) is 42.0 Å². The highest BCUT2D eigenvalue weighted by molar-refractivity contribution is 7.99. The van der Waals surface area contributed by atoms with Crippen LogP contribution in [-0.2, 0) is 13.6 Å². The van der Waals surface area contributed by atoms with Crippen molar-refractivity contribution in [3.8, 4) is 0 Å². The van der Waals surface area contributed by atoms with Crippen molar-refractivity contribution in [3.63, 3.8) is 0 Å². The number of thioether (sulfide) groups is 1. The van der Waals surface area contributed by atoms with E-state index in [1.165, 1.54) is 12.1 Å². The van der Waals surface area contributed by atoms with Crippen LogP contribution in [0, 0.1) is 5.82 Å². The molecule has 1 heterocycles. The fourth-order valence-corrected chi connectivity index (χ4v) is 2.62. The molecule has 1 aromatic heterocycles. The van der Waals surface area contributed by atoms with Gasteiger partial charge in [0.2, 0.25) is 0 Å². The molecule has 4 nitrogen and oxygen atoms in total. The Kier molecular flexibility index (Phi) is 4.93. The Morgan fingerprint density at radius 1 is 1.32 bits per heavy atom. The third kappa shape index (κ3) is 4.33. The molecule has 0 radical (unpaired) electrons. The lowest BCUT2D eigenvalue weighted by Crippen LogP contribution is -2.20. The van der Waals surface area contributed by atoms with Gasteiger partial charge in [-0.3, -0.25) is 0 Å². The largest absolute Gasteiger partial charge is 0.312 e. The SMILES string of the molecule is CN(CCSc1nncn1C)Cc1ccc(F)cc1. The quantitative estimate of drug-likeness (QED) is 0.760. The summed E-state index contributed by atoms with van der Waals surface area (Å²) in [6.07, 6.45) is 1.70. The highest BCUT2D eigenvalue weighted by atomic mass is 32.2. The monoisotopic (exact) mass is 280 g/mol. The second-order valence-electron chi connectivity index (χ2n) is 4.44. The van der Waals surface area contributed by atoms with E-state index in [-0.39, 0.29) is 5.82 Å². The standard InChI is InChI=1S/C13H17FN4S/c1-17(9-11-3-5-12(14)6-4-11)7-8-19-13-16-15-10-18(13)2/h3-6,10H,7-9H2,1-2H3. The van der Waals surface area contributed by atoms with Crippen molar-refractivity contribution in [1.82, 2.24) is 19.7 Å². The maximum atomic E-state index is 12.8. The molecular formula is C13H17FN4S. The smallest absolute Gasteiger partial charge is 0.190 e. The Morgan fingerprint density at radius 3 is 2.68 bits per heavy atom. The summed E-state index contributed by atoms with van der Waals surface area (Å²) < 4.78 is 14.7. The maximum Gasteiger partial charge on any atom is 0.190 e. The van der Waals surface area contributed by atoms with Crippen molar-refractivity contribution >= 4 is 11.8 Å². The third-order valence-corrected chi connectivity index (χ3v) is 3.75. The first kappa shape index (κ1) is 14.0. The van der Waals surface area contributed by atoms with E-state index in [1.54, 1.807) is 18.1 Å². The zero-order valence-corrected chi connectivity index (χ0v) is 11.9. The molecule has 0 saturated carbocycles. The number of aromatic nitrogens is 3. The van der Waals surface area contributed by atoms with E-state index >= 15 is 0 Å². The molecule has 0 saturated heterocycles. The molecule has 102 valence electrons. The normalized spacial score (nSPS) is 11.2. The highest BCUT2D eigenvalue weighted by Crippen LogP contribution is 2.13. The molecule has 6 heteroatoms. The van der Waals surface area contributed by atoms with Crippen LogP contribution in [-0.4, -0.2) is 39.0 Å². The van der Waals surface area contributed by atoms with Gasteiger partial charge in [-0.15, -0.1) is 10.2 Å². The number of hydrogen-bond acceptors (Lipinski definition) is 4. The molecule has 1 aromatic carbocycles. The van der Waals surface area contributed by atoms with Crippen LogP contribution in [0.3, 0.4) is 0 Å². The van der Waals surface area contributed by atoms with Crippen LogP contribution in [0.2, 0.25) is 0 Å². The van der Waals surface area contributed by atoms with E-state index in [0.717, 1.165) is 29.6 Å². The average molecular weight is 280 g/mol. The Morgan fingerprint density at radius 2 is 2.05 bits per heavy atom. The van der Waals surface area contributed by atoms with Crippen LogP contribution in [0.15, 0.2) is 35.7 Å². The van der Waals surface area contributed by atoms with Crippen LogP contribution >= 0.6 is 11.8 Å². The van der Waals surface area contributed by atoms with Crippen LogP contribution in [0.25, 0.3) is 0 Å². The summed E-state index contributed by atoms with van der Waals surface area (Å²) in [6, 6.07) is 6.64. The predicted octanol–water partition coefficient (Wildman–Crippen LogP) is 2.18. The van der Waals surface area contributed by atoms with Gasteiger partial charge in [0.25, 0.3) is 0 Å². The number of benzene rings is 1. The van der Waals surface area contributed by atoms with E-state index in [2.05, 4.69) is 22.1 Å². The summed E-state index contributed by atoms with van der Waals surface area (Å²) in [5, 5.41) is 8.79. The average Bonchev–Trinajstić information content (AvgIpc) is 2.78. The van der Waals surface area contributed by atoms with Crippen LogP contribution < -0.4 is 0 Å². The van der Waals surface area contributed by atoms with Gasteiger partial charge in [-0.05, 0) is 24.7 Å². The maximum absolute atomic E-state index is 12.8. The van der Waals surface area contributed by atoms with Crippen LogP contribution in [0.1, 0.15) is 5.56 Å². The van der Waals surface area contributed by atoms with Crippen LogP contribution in [0.4, 0.5) is 4.39 Å². The second kappa shape index (κ2) is 6.68. The Balaban J connectivity index is 1.74. The predicted molar refractivity (Wildman–Crippen MR) is 74.5 cm³/mol.